The van der Waals surface area contributed by atoms with Gasteiger partial charge in [-0.15, -0.1) is 0 Å². The molecule has 0 aliphatic rings. The number of aliphatic hydroxyl groups is 1. The lowest BCUT2D eigenvalue weighted by Gasteiger charge is -1.99. The number of rotatable bonds is 3. The molecule has 0 unspecified atom stereocenters. The molecule has 1 heterocycles. The zero-order chi connectivity index (χ0) is 10.6. The molecule has 0 spiro atoms. The van der Waals surface area contributed by atoms with Crippen molar-refractivity contribution in [2.45, 2.75) is 0 Å². The van der Waals surface area contributed by atoms with Crippen molar-refractivity contribution in [1.82, 2.24) is 4.98 Å². The highest BCUT2D eigenvalue weighted by Crippen LogP contribution is 2.02. The molecule has 74 valence electrons. The number of ketones is 1. The molecule has 1 N–H and O–H groups in total. The number of carbonyl (C=O) groups is 2. The summed E-state index contributed by atoms with van der Waals surface area (Å²) in [6, 6.07) is 2.78. The minimum Gasteiger partial charge on any atom is -0.465 e. The van der Waals surface area contributed by atoms with E-state index in [1.807, 2.05) is 0 Å². The summed E-state index contributed by atoms with van der Waals surface area (Å²) < 4.78 is 4.45. The molecule has 5 heteroatoms. The molecule has 1 aromatic rings. The van der Waals surface area contributed by atoms with Crippen LogP contribution in [0.2, 0.25) is 0 Å². The van der Waals surface area contributed by atoms with E-state index in [0.29, 0.717) is 0 Å². The number of carbonyl (C=O) groups excluding carboxylic acids is 2. The summed E-state index contributed by atoms with van der Waals surface area (Å²) in [4.78, 5) is 25.6. The molecule has 0 saturated carbocycles. The molecule has 0 bridgehead atoms. The molecule has 0 atom stereocenters. The van der Waals surface area contributed by atoms with Crippen molar-refractivity contribution in [3.05, 3.63) is 29.6 Å². The molecule has 0 aromatic carbocycles. The van der Waals surface area contributed by atoms with Gasteiger partial charge in [0.25, 0.3) is 0 Å². The highest BCUT2D eigenvalue weighted by atomic mass is 16.5. The van der Waals surface area contributed by atoms with Gasteiger partial charge in [-0.25, -0.2) is 4.79 Å². The van der Waals surface area contributed by atoms with Crippen LogP contribution < -0.4 is 0 Å². The van der Waals surface area contributed by atoms with E-state index in [1.165, 1.54) is 25.4 Å². The number of pyridine rings is 1. The topological polar surface area (TPSA) is 76.5 Å². The van der Waals surface area contributed by atoms with Gasteiger partial charge in [-0.05, 0) is 12.1 Å². The summed E-state index contributed by atoms with van der Waals surface area (Å²) in [5.41, 5.74) is 0.391. The van der Waals surface area contributed by atoms with Crippen LogP contribution in [0, 0.1) is 0 Å². The summed E-state index contributed by atoms with van der Waals surface area (Å²) in [6.07, 6.45) is 1.23. The van der Waals surface area contributed by atoms with Gasteiger partial charge in [0.15, 0.2) is 0 Å². The first-order chi connectivity index (χ1) is 6.69. The maximum Gasteiger partial charge on any atom is 0.339 e. The summed E-state index contributed by atoms with van der Waals surface area (Å²) >= 11 is 0. The van der Waals surface area contributed by atoms with E-state index in [1.54, 1.807) is 0 Å². The van der Waals surface area contributed by atoms with Crippen molar-refractivity contribution in [3.8, 4) is 0 Å². The van der Waals surface area contributed by atoms with Crippen LogP contribution in [0.4, 0.5) is 0 Å². The average molecular weight is 195 g/mol. The van der Waals surface area contributed by atoms with E-state index >= 15 is 0 Å². The SMILES string of the molecule is COC(=O)c1ccc(C(=O)CO)nc1. The molecule has 0 radical (unpaired) electrons. The maximum absolute atomic E-state index is 11.0. The first-order valence-corrected chi connectivity index (χ1v) is 3.87. The second-order valence-electron chi connectivity index (χ2n) is 2.50. The van der Waals surface area contributed by atoms with E-state index in [0.717, 1.165) is 0 Å². The van der Waals surface area contributed by atoms with Crippen molar-refractivity contribution in [2.24, 2.45) is 0 Å². The lowest BCUT2D eigenvalue weighted by molar-refractivity contribution is 0.0599. The predicted molar refractivity (Wildman–Crippen MR) is 47.0 cm³/mol. The standard InChI is InChI=1S/C9H9NO4/c1-14-9(13)6-2-3-7(10-4-6)8(12)5-11/h2-4,11H,5H2,1H3. The van der Waals surface area contributed by atoms with Crippen molar-refractivity contribution >= 4 is 11.8 Å². The van der Waals surface area contributed by atoms with E-state index < -0.39 is 18.4 Å². The molecule has 0 fully saturated rings. The van der Waals surface area contributed by atoms with Gasteiger partial charge in [-0.1, -0.05) is 0 Å². The molecule has 5 nitrogen and oxygen atoms in total. The fraction of sp³-hybridized carbons (Fsp3) is 0.222. The number of hydrogen-bond donors (Lipinski definition) is 1. The van der Waals surface area contributed by atoms with Crippen molar-refractivity contribution in [2.75, 3.05) is 13.7 Å². The monoisotopic (exact) mass is 195 g/mol. The van der Waals surface area contributed by atoms with Crippen LogP contribution in [-0.4, -0.2) is 35.6 Å². The number of hydrogen-bond acceptors (Lipinski definition) is 5. The van der Waals surface area contributed by atoms with Gasteiger partial charge in [-0.2, -0.15) is 0 Å². The van der Waals surface area contributed by atoms with Crippen LogP contribution in [0.5, 0.6) is 0 Å². The Labute approximate surface area is 80.3 Å². The molecule has 0 aliphatic heterocycles. The largest absolute Gasteiger partial charge is 0.465 e. The molecular formula is C9H9NO4. The fourth-order valence-electron chi connectivity index (χ4n) is 0.878. The molecule has 0 saturated heterocycles. The Bertz CT molecular complexity index is 309. The summed E-state index contributed by atoms with van der Waals surface area (Å²) in [5, 5.41) is 8.53. The third kappa shape index (κ3) is 2.14. The number of methoxy groups -OCH3 is 1. The summed E-state index contributed by atoms with van der Waals surface area (Å²) in [5.74, 6) is -0.998. The minimum absolute atomic E-state index is 0.125. The summed E-state index contributed by atoms with van der Waals surface area (Å²) in [7, 11) is 1.26. The lowest BCUT2D eigenvalue weighted by atomic mass is 10.2. The maximum atomic E-state index is 11.0. The number of esters is 1. The van der Waals surface area contributed by atoms with E-state index in [9.17, 15) is 9.59 Å². The second kappa shape index (κ2) is 4.48. The Morgan fingerprint density at radius 1 is 1.50 bits per heavy atom. The lowest BCUT2D eigenvalue weighted by Crippen LogP contribution is -2.08. The van der Waals surface area contributed by atoms with Crippen LogP contribution in [0.3, 0.4) is 0 Å². The van der Waals surface area contributed by atoms with Gasteiger partial charge >= 0.3 is 5.97 Å². The molecule has 1 aromatic heterocycles. The van der Waals surface area contributed by atoms with Crippen molar-refractivity contribution in [3.63, 3.8) is 0 Å². The smallest absolute Gasteiger partial charge is 0.339 e. The van der Waals surface area contributed by atoms with E-state index in [4.69, 9.17) is 5.11 Å². The van der Waals surface area contributed by atoms with Crippen molar-refractivity contribution < 1.29 is 19.4 Å². The Balaban J connectivity index is 2.89. The third-order valence-corrected chi connectivity index (χ3v) is 1.61. The number of nitrogens with zero attached hydrogens (tertiary/aromatic N) is 1. The van der Waals surface area contributed by atoms with Crippen LogP contribution in [0.1, 0.15) is 20.8 Å². The zero-order valence-electron chi connectivity index (χ0n) is 7.56. The highest BCUT2D eigenvalue weighted by molar-refractivity contribution is 5.96. The van der Waals surface area contributed by atoms with Gasteiger partial charge in [0.05, 0.1) is 12.7 Å². The van der Waals surface area contributed by atoms with Crippen LogP contribution in [0.25, 0.3) is 0 Å². The fourth-order valence-corrected chi connectivity index (χ4v) is 0.878. The van der Waals surface area contributed by atoms with Crippen LogP contribution in [0.15, 0.2) is 18.3 Å². The first-order valence-electron chi connectivity index (χ1n) is 3.87. The number of aromatic nitrogens is 1. The van der Waals surface area contributed by atoms with Gasteiger partial charge in [-0.3, -0.25) is 9.78 Å². The Hall–Kier alpha value is -1.75. The number of ether oxygens (including phenoxy) is 1. The quantitative estimate of drug-likeness (QED) is 0.544. The third-order valence-electron chi connectivity index (χ3n) is 1.61. The Morgan fingerprint density at radius 3 is 2.64 bits per heavy atom. The van der Waals surface area contributed by atoms with Gasteiger partial charge in [0.2, 0.25) is 5.78 Å². The summed E-state index contributed by atoms with van der Waals surface area (Å²) in [6.45, 7) is -0.593. The van der Waals surface area contributed by atoms with Crippen LogP contribution >= 0.6 is 0 Å². The van der Waals surface area contributed by atoms with Gasteiger partial charge < -0.3 is 9.84 Å². The molecular weight excluding hydrogens is 186 g/mol. The molecule has 14 heavy (non-hydrogen) atoms. The Morgan fingerprint density at radius 2 is 2.21 bits per heavy atom. The van der Waals surface area contributed by atoms with E-state index in [-0.39, 0.29) is 11.3 Å². The predicted octanol–water partition coefficient (Wildman–Crippen LogP) is 0.0432. The molecule has 0 amide bonds. The normalized spacial score (nSPS) is 9.57. The zero-order valence-corrected chi connectivity index (χ0v) is 7.56. The minimum atomic E-state index is -0.593. The van der Waals surface area contributed by atoms with Gasteiger partial charge in [0.1, 0.15) is 12.3 Å². The second-order valence-corrected chi connectivity index (χ2v) is 2.50. The molecule has 0 aliphatic carbocycles. The van der Waals surface area contributed by atoms with Crippen molar-refractivity contribution in [1.29, 1.82) is 0 Å². The van der Waals surface area contributed by atoms with Gasteiger partial charge in [0, 0.05) is 6.20 Å². The Kier molecular flexibility index (Phi) is 3.30. The van der Waals surface area contributed by atoms with E-state index in [2.05, 4.69) is 9.72 Å². The highest BCUT2D eigenvalue weighted by Gasteiger charge is 2.08. The average Bonchev–Trinajstić information content (AvgIpc) is 2.27. The number of aliphatic hydroxyl groups excluding tert-OH is 1. The van der Waals surface area contributed by atoms with Crippen LogP contribution in [-0.2, 0) is 4.74 Å². The number of Topliss-reactive ketones (excluding diaryl/α,β-unsaturated/α-hetero) is 1. The first kappa shape index (κ1) is 10.3. The molecule has 1 rings (SSSR count).